The minimum absolute atomic E-state index is 0.00525. The summed E-state index contributed by atoms with van der Waals surface area (Å²) in [7, 11) is 1.54. The van der Waals surface area contributed by atoms with Crippen molar-refractivity contribution in [2.45, 2.75) is 13.3 Å². The van der Waals surface area contributed by atoms with Gasteiger partial charge in [0.25, 0.3) is 17.5 Å². The molecule has 3 aromatic carbocycles. The molecule has 0 fully saturated rings. The molecule has 3 aromatic rings. The molecule has 0 unspecified atom stereocenters. The maximum absolute atomic E-state index is 13.1. The number of carbonyl (C=O) groups is 3. The fourth-order valence-corrected chi connectivity index (χ4v) is 3.60. The van der Waals surface area contributed by atoms with Crippen LogP contribution in [0.15, 0.2) is 60.7 Å². The highest BCUT2D eigenvalue weighted by molar-refractivity contribution is 6.36. The van der Waals surface area contributed by atoms with Gasteiger partial charge in [0.05, 0.1) is 29.7 Å². The van der Waals surface area contributed by atoms with Crippen LogP contribution < -0.4 is 14.4 Å². The second-order valence-electron chi connectivity index (χ2n) is 7.37. The number of carbonyl (C=O) groups excluding carboxylic acids is 3. The van der Waals surface area contributed by atoms with E-state index in [1.807, 2.05) is 0 Å². The number of esters is 1. The van der Waals surface area contributed by atoms with Crippen LogP contribution in [-0.4, -0.2) is 29.8 Å². The lowest BCUT2D eigenvalue weighted by Crippen LogP contribution is -2.30. The fourth-order valence-electron chi connectivity index (χ4n) is 3.60. The molecule has 1 aliphatic heterocycles. The van der Waals surface area contributed by atoms with Gasteiger partial charge in [-0.05, 0) is 48.4 Å². The predicted octanol–water partition coefficient (Wildman–Crippen LogP) is 3.86. The highest BCUT2D eigenvalue weighted by atomic mass is 16.6. The maximum Gasteiger partial charge on any atom is 0.315 e. The Bertz CT molecular complexity index is 1300. The Balaban J connectivity index is 1.65. The third-order valence-corrected chi connectivity index (χ3v) is 5.18. The first-order valence-corrected chi connectivity index (χ1v) is 9.90. The summed E-state index contributed by atoms with van der Waals surface area (Å²) in [5, 5.41) is 11.4. The van der Waals surface area contributed by atoms with Gasteiger partial charge in [-0.1, -0.05) is 24.3 Å². The number of nitrogens with zero attached hydrogens (tertiary/aromatic N) is 2. The second kappa shape index (κ2) is 8.54. The van der Waals surface area contributed by atoms with Gasteiger partial charge in [0.1, 0.15) is 11.3 Å². The van der Waals surface area contributed by atoms with Gasteiger partial charge in [0.15, 0.2) is 5.75 Å². The molecular formula is C24H18N2O7. The first-order valence-electron chi connectivity index (χ1n) is 9.90. The summed E-state index contributed by atoms with van der Waals surface area (Å²) in [4.78, 5) is 50.1. The SMILES string of the molecule is COc1ccc(CC(=O)Oc2cc(C)ccc2N2C(=O)c3cccc([N+](=O)[O-])c3C2=O)cc1. The number of nitro benzene ring substituents is 1. The zero-order chi connectivity index (χ0) is 23.7. The van der Waals surface area contributed by atoms with E-state index in [0.717, 1.165) is 10.5 Å². The molecule has 0 spiro atoms. The lowest BCUT2D eigenvalue weighted by molar-refractivity contribution is -0.385. The van der Waals surface area contributed by atoms with Crippen LogP contribution in [0.4, 0.5) is 11.4 Å². The summed E-state index contributed by atoms with van der Waals surface area (Å²) in [6, 6.07) is 15.4. The summed E-state index contributed by atoms with van der Waals surface area (Å²) in [6.07, 6.45) is -0.0506. The third kappa shape index (κ3) is 4.03. The average molecular weight is 446 g/mol. The number of anilines is 1. The molecule has 0 radical (unpaired) electrons. The molecule has 4 rings (SSSR count). The van der Waals surface area contributed by atoms with Crippen molar-refractivity contribution in [2.24, 2.45) is 0 Å². The molecule has 0 N–H and O–H groups in total. The molecule has 0 saturated heterocycles. The second-order valence-corrected chi connectivity index (χ2v) is 7.37. The standard InChI is InChI=1S/C24H18N2O7/c1-14-6-11-18(20(12-14)33-21(27)13-15-7-9-16(32-2)10-8-15)25-23(28)17-4-3-5-19(26(30)31)22(17)24(25)29/h3-12H,13H2,1-2H3. The van der Waals surface area contributed by atoms with Crippen LogP contribution in [0, 0.1) is 17.0 Å². The number of nitro groups is 1. The van der Waals surface area contributed by atoms with Crippen molar-refractivity contribution in [3.63, 3.8) is 0 Å². The van der Waals surface area contributed by atoms with Crippen LogP contribution in [0.5, 0.6) is 11.5 Å². The van der Waals surface area contributed by atoms with Gasteiger partial charge >= 0.3 is 5.97 Å². The van der Waals surface area contributed by atoms with Crippen molar-refractivity contribution in [1.29, 1.82) is 0 Å². The fraction of sp³-hybridized carbons (Fsp3) is 0.125. The predicted molar refractivity (Wildman–Crippen MR) is 118 cm³/mol. The number of benzene rings is 3. The van der Waals surface area contributed by atoms with E-state index in [-0.39, 0.29) is 29.0 Å². The Hall–Kier alpha value is -4.53. The van der Waals surface area contributed by atoms with Gasteiger partial charge in [-0.2, -0.15) is 0 Å². The van der Waals surface area contributed by atoms with Crippen LogP contribution in [0.25, 0.3) is 0 Å². The first kappa shape index (κ1) is 21.7. The zero-order valence-electron chi connectivity index (χ0n) is 17.7. The van der Waals surface area contributed by atoms with Crippen LogP contribution in [0.3, 0.4) is 0 Å². The van der Waals surface area contributed by atoms with E-state index in [2.05, 4.69) is 0 Å². The van der Waals surface area contributed by atoms with Crippen molar-refractivity contribution in [3.8, 4) is 11.5 Å². The molecule has 0 atom stereocenters. The van der Waals surface area contributed by atoms with Crippen molar-refractivity contribution < 1.29 is 28.8 Å². The van der Waals surface area contributed by atoms with E-state index in [9.17, 15) is 24.5 Å². The van der Waals surface area contributed by atoms with E-state index in [0.29, 0.717) is 11.3 Å². The molecule has 0 bridgehead atoms. The van der Waals surface area contributed by atoms with E-state index >= 15 is 0 Å². The Labute approximate surface area is 188 Å². The zero-order valence-corrected chi connectivity index (χ0v) is 17.7. The number of rotatable bonds is 6. The van der Waals surface area contributed by atoms with Crippen LogP contribution in [-0.2, 0) is 11.2 Å². The topological polar surface area (TPSA) is 116 Å². The quantitative estimate of drug-likeness (QED) is 0.186. The molecule has 0 aromatic heterocycles. The van der Waals surface area contributed by atoms with E-state index < -0.39 is 28.4 Å². The highest BCUT2D eigenvalue weighted by Gasteiger charge is 2.43. The Morgan fingerprint density at radius 2 is 1.76 bits per heavy atom. The van der Waals surface area contributed by atoms with Gasteiger partial charge in [-0.15, -0.1) is 0 Å². The normalized spacial score (nSPS) is 12.5. The monoisotopic (exact) mass is 446 g/mol. The minimum Gasteiger partial charge on any atom is -0.497 e. The summed E-state index contributed by atoms with van der Waals surface area (Å²) < 4.78 is 10.6. The van der Waals surface area contributed by atoms with Crippen molar-refractivity contribution >= 4 is 29.2 Å². The highest BCUT2D eigenvalue weighted by Crippen LogP contribution is 2.38. The van der Waals surface area contributed by atoms with Crippen molar-refractivity contribution in [2.75, 3.05) is 12.0 Å². The van der Waals surface area contributed by atoms with Crippen LogP contribution in [0.1, 0.15) is 31.8 Å². The van der Waals surface area contributed by atoms with Crippen LogP contribution in [0.2, 0.25) is 0 Å². The average Bonchev–Trinajstić information content (AvgIpc) is 3.04. The first-order chi connectivity index (χ1) is 15.8. The van der Waals surface area contributed by atoms with Crippen LogP contribution >= 0.6 is 0 Å². The molecule has 2 amide bonds. The largest absolute Gasteiger partial charge is 0.497 e. The maximum atomic E-state index is 13.1. The Morgan fingerprint density at radius 1 is 1.03 bits per heavy atom. The van der Waals surface area contributed by atoms with Gasteiger partial charge in [0.2, 0.25) is 0 Å². The Kier molecular flexibility index (Phi) is 5.61. The summed E-state index contributed by atoms with van der Waals surface area (Å²) in [5.41, 5.74) is 0.622. The summed E-state index contributed by atoms with van der Waals surface area (Å²) in [6.45, 7) is 1.76. The van der Waals surface area contributed by atoms with E-state index in [1.165, 1.54) is 37.4 Å². The lowest BCUT2D eigenvalue weighted by Gasteiger charge is -2.18. The molecule has 9 nitrogen and oxygen atoms in total. The van der Waals surface area contributed by atoms with E-state index in [4.69, 9.17) is 9.47 Å². The van der Waals surface area contributed by atoms with E-state index in [1.54, 1.807) is 37.3 Å². The lowest BCUT2D eigenvalue weighted by atomic mass is 10.1. The molecule has 9 heteroatoms. The molecule has 33 heavy (non-hydrogen) atoms. The molecule has 166 valence electrons. The molecule has 0 aliphatic carbocycles. The number of fused-ring (bicyclic) bond motifs is 1. The number of ether oxygens (including phenoxy) is 2. The van der Waals surface area contributed by atoms with Crippen molar-refractivity contribution in [1.82, 2.24) is 0 Å². The summed E-state index contributed by atoms with van der Waals surface area (Å²) >= 11 is 0. The van der Waals surface area contributed by atoms with Gasteiger partial charge < -0.3 is 9.47 Å². The van der Waals surface area contributed by atoms with Gasteiger partial charge in [-0.3, -0.25) is 24.5 Å². The van der Waals surface area contributed by atoms with Gasteiger partial charge in [0, 0.05) is 6.07 Å². The number of hydrogen-bond acceptors (Lipinski definition) is 7. The molecule has 1 heterocycles. The number of aryl methyl sites for hydroxylation is 1. The number of imide groups is 1. The van der Waals surface area contributed by atoms with Crippen molar-refractivity contribution in [3.05, 3.63) is 93.0 Å². The smallest absolute Gasteiger partial charge is 0.315 e. The Morgan fingerprint density at radius 3 is 2.42 bits per heavy atom. The molecular weight excluding hydrogens is 428 g/mol. The number of methoxy groups -OCH3 is 1. The summed E-state index contributed by atoms with van der Waals surface area (Å²) in [5.74, 6) is -1.53. The third-order valence-electron chi connectivity index (χ3n) is 5.18. The number of hydrogen-bond donors (Lipinski definition) is 0. The molecule has 1 aliphatic rings. The molecule has 0 saturated carbocycles. The minimum atomic E-state index is -0.849. The number of amides is 2. The van der Waals surface area contributed by atoms with Gasteiger partial charge in [-0.25, -0.2) is 4.90 Å².